The molecule has 1 aliphatic rings. The molecule has 1 saturated heterocycles. The van der Waals surface area contributed by atoms with Gasteiger partial charge in [0.25, 0.3) is 0 Å². The second-order valence-corrected chi connectivity index (χ2v) is 6.78. The molecule has 0 saturated carbocycles. The number of Topliss-reactive ketones (excluding diaryl/α,β-unsaturated/α-hetero) is 1. The summed E-state index contributed by atoms with van der Waals surface area (Å²) in [6, 6.07) is 13.2. The summed E-state index contributed by atoms with van der Waals surface area (Å²) in [6.45, 7) is 3.70. The average molecular weight is 369 g/mol. The van der Waals surface area contributed by atoms with Crippen molar-refractivity contribution in [2.24, 2.45) is 5.92 Å². The van der Waals surface area contributed by atoms with E-state index in [1.54, 1.807) is 0 Å². The molecule has 5 heteroatoms. The normalized spacial score (nSPS) is 14.8. The summed E-state index contributed by atoms with van der Waals surface area (Å²) in [5.41, 5.74) is 1.49. The van der Waals surface area contributed by atoms with Crippen molar-refractivity contribution in [3.63, 3.8) is 0 Å². The lowest BCUT2D eigenvalue weighted by Gasteiger charge is -2.31. The Hall–Kier alpha value is -2.69. The molecule has 3 rings (SSSR count). The lowest BCUT2D eigenvalue weighted by atomic mass is 9.88. The van der Waals surface area contributed by atoms with Gasteiger partial charge in [-0.05, 0) is 61.7 Å². The SMILES string of the molecule is CCOc1ccc(CC(=O)N2CCC(C(=O)c3ccc(F)cc3)CC2)cc1. The smallest absolute Gasteiger partial charge is 0.226 e. The minimum atomic E-state index is -0.346. The monoisotopic (exact) mass is 369 g/mol. The largest absolute Gasteiger partial charge is 0.494 e. The van der Waals surface area contributed by atoms with Crippen LogP contribution in [0.15, 0.2) is 48.5 Å². The third-order valence-corrected chi connectivity index (χ3v) is 4.94. The van der Waals surface area contributed by atoms with Gasteiger partial charge in [-0.3, -0.25) is 9.59 Å². The molecule has 27 heavy (non-hydrogen) atoms. The van der Waals surface area contributed by atoms with Crippen LogP contribution in [0.25, 0.3) is 0 Å². The van der Waals surface area contributed by atoms with Crippen LogP contribution >= 0.6 is 0 Å². The van der Waals surface area contributed by atoms with Crippen LogP contribution in [0.4, 0.5) is 4.39 Å². The summed E-state index contributed by atoms with van der Waals surface area (Å²) in [6.07, 6.45) is 1.64. The Bertz CT molecular complexity index is 778. The Balaban J connectivity index is 1.51. The van der Waals surface area contributed by atoms with Gasteiger partial charge in [0.2, 0.25) is 5.91 Å². The molecule has 0 atom stereocenters. The Morgan fingerprint density at radius 2 is 1.67 bits per heavy atom. The topological polar surface area (TPSA) is 46.6 Å². The Labute approximate surface area is 158 Å². The van der Waals surface area contributed by atoms with Crippen LogP contribution in [0.2, 0.25) is 0 Å². The fourth-order valence-electron chi connectivity index (χ4n) is 3.40. The van der Waals surface area contributed by atoms with Gasteiger partial charge < -0.3 is 9.64 Å². The number of halogens is 1. The summed E-state index contributed by atoms with van der Waals surface area (Å²) in [7, 11) is 0. The zero-order valence-electron chi connectivity index (χ0n) is 15.5. The average Bonchev–Trinajstić information content (AvgIpc) is 2.70. The number of hydrogen-bond acceptors (Lipinski definition) is 3. The second-order valence-electron chi connectivity index (χ2n) is 6.78. The first-order chi connectivity index (χ1) is 13.1. The Morgan fingerprint density at radius 3 is 2.26 bits per heavy atom. The number of carbonyl (C=O) groups is 2. The highest BCUT2D eigenvalue weighted by atomic mass is 19.1. The van der Waals surface area contributed by atoms with Crippen LogP contribution in [0.5, 0.6) is 5.75 Å². The van der Waals surface area contributed by atoms with Gasteiger partial charge in [0.15, 0.2) is 5.78 Å². The number of ether oxygens (including phenoxy) is 1. The summed E-state index contributed by atoms with van der Waals surface area (Å²) < 4.78 is 18.4. The lowest BCUT2D eigenvalue weighted by Crippen LogP contribution is -2.41. The molecule has 1 amide bonds. The highest BCUT2D eigenvalue weighted by Gasteiger charge is 2.27. The van der Waals surface area contributed by atoms with Crippen molar-refractivity contribution in [2.75, 3.05) is 19.7 Å². The van der Waals surface area contributed by atoms with Crippen LogP contribution < -0.4 is 4.74 Å². The van der Waals surface area contributed by atoms with Crippen molar-refractivity contribution in [2.45, 2.75) is 26.2 Å². The standard InChI is InChI=1S/C22H24FNO3/c1-2-27-20-9-3-16(4-10-20)15-21(25)24-13-11-18(12-14-24)22(26)17-5-7-19(23)8-6-17/h3-10,18H,2,11-15H2,1H3. The molecule has 0 N–H and O–H groups in total. The number of nitrogens with zero attached hydrogens (tertiary/aromatic N) is 1. The van der Waals surface area contributed by atoms with Crippen LogP contribution in [-0.2, 0) is 11.2 Å². The van der Waals surface area contributed by atoms with Gasteiger partial charge in [0.1, 0.15) is 11.6 Å². The summed E-state index contributed by atoms with van der Waals surface area (Å²) in [5.74, 6) is 0.459. The number of hydrogen-bond donors (Lipinski definition) is 0. The maximum atomic E-state index is 13.0. The molecular weight excluding hydrogens is 345 g/mol. The number of likely N-dealkylation sites (tertiary alicyclic amines) is 1. The maximum absolute atomic E-state index is 13.0. The van der Waals surface area contributed by atoms with Crippen molar-refractivity contribution in [3.05, 3.63) is 65.5 Å². The van der Waals surface area contributed by atoms with E-state index in [4.69, 9.17) is 4.74 Å². The van der Waals surface area contributed by atoms with Crippen molar-refractivity contribution >= 4 is 11.7 Å². The third-order valence-electron chi connectivity index (χ3n) is 4.94. The van der Waals surface area contributed by atoms with Crippen LogP contribution in [0.3, 0.4) is 0 Å². The molecule has 4 nitrogen and oxygen atoms in total. The summed E-state index contributed by atoms with van der Waals surface area (Å²) in [5, 5.41) is 0. The molecule has 1 fully saturated rings. The van der Waals surface area contributed by atoms with Crippen LogP contribution in [-0.4, -0.2) is 36.3 Å². The lowest BCUT2D eigenvalue weighted by molar-refractivity contribution is -0.131. The van der Waals surface area contributed by atoms with Gasteiger partial charge in [0.05, 0.1) is 13.0 Å². The number of amides is 1. The number of carbonyl (C=O) groups excluding carboxylic acids is 2. The molecule has 0 unspecified atom stereocenters. The van der Waals surface area contributed by atoms with Gasteiger partial charge in [-0.2, -0.15) is 0 Å². The molecule has 0 aromatic heterocycles. The molecular formula is C22H24FNO3. The van der Waals surface area contributed by atoms with E-state index in [9.17, 15) is 14.0 Å². The zero-order chi connectivity index (χ0) is 19.2. The molecule has 0 aliphatic carbocycles. The maximum Gasteiger partial charge on any atom is 0.226 e. The fraction of sp³-hybridized carbons (Fsp3) is 0.364. The molecule has 0 spiro atoms. The second kappa shape index (κ2) is 8.80. The predicted octanol–water partition coefficient (Wildman–Crippen LogP) is 3.89. The van der Waals surface area contributed by atoms with E-state index in [1.165, 1.54) is 24.3 Å². The van der Waals surface area contributed by atoms with E-state index in [1.807, 2.05) is 36.1 Å². The number of benzene rings is 2. The van der Waals surface area contributed by atoms with Crippen molar-refractivity contribution in [1.29, 1.82) is 0 Å². The zero-order valence-corrected chi connectivity index (χ0v) is 15.5. The van der Waals surface area contributed by atoms with E-state index in [0.717, 1.165) is 11.3 Å². The van der Waals surface area contributed by atoms with E-state index in [0.29, 0.717) is 44.5 Å². The highest BCUT2D eigenvalue weighted by molar-refractivity contribution is 5.98. The van der Waals surface area contributed by atoms with Crippen molar-refractivity contribution < 1.29 is 18.7 Å². The minimum Gasteiger partial charge on any atom is -0.494 e. The van der Waals surface area contributed by atoms with E-state index in [-0.39, 0.29) is 23.4 Å². The molecule has 0 radical (unpaired) electrons. The molecule has 0 bridgehead atoms. The number of piperidine rings is 1. The molecule has 142 valence electrons. The first-order valence-corrected chi connectivity index (χ1v) is 9.36. The van der Waals surface area contributed by atoms with Gasteiger partial charge in [-0.1, -0.05) is 12.1 Å². The third kappa shape index (κ3) is 4.94. The number of rotatable bonds is 6. The molecule has 1 heterocycles. The van der Waals surface area contributed by atoms with Gasteiger partial charge in [-0.25, -0.2) is 4.39 Å². The first-order valence-electron chi connectivity index (χ1n) is 9.36. The first kappa shape index (κ1) is 19.1. The quantitative estimate of drug-likeness (QED) is 0.726. The Morgan fingerprint density at radius 1 is 1.04 bits per heavy atom. The van der Waals surface area contributed by atoms with Gasteiger partial charge in [-0.15, -0.1) is 0 Å². The van der Waals surface area contributed by atoms with Crippen molar-refractivity contribution in [1.82, 2.24) is 4.90 Å². The van der Waals surface area contributed by atoms with Gasteiger partial charge in [0, 0.05) is 24.6 Å². The van der Waals surface area contributed by atoms with E-state index in [2.05, 4.69) is 0 Å². The molecule has 2 aromatic carbocycles. The summed E-state index contributed by atoms with van der Waals surface area (Å²) in [4.78, 5) is 26.9. The van der Waals surface area contributed by atoms with Crippen LogP contribution in [0.1, 0.15) is 35.7 Å². The number of ketones is 1. The van der Waals surface area contributed by atoms with Crippen molar-refractivity contribution in [3.8, 4) is 5.75 Å². The predicted molar refractivity (Wildman–Crippen MR) is 101 cm³/mol. The molecule has 1 aliphatic heterocycles. The Kier molecular flexibility index (Phi) is 6.22. The fourth-order valence-corrected chi connectivity index (χ4v) is 3.40. The summed E-state index contributed by atoms with van der Waals surface area (Å²) >= 11 is 0. The minimum absolute atomic E-state index is 0.0358. The highest BCUT2D eigenvalue weighted by Crippen LogP contribution is 2.23. The van der Waals surface area contributed by atoms with Crippen LogP contribution in [0, 0.1) is 11.7 Å². The molecule has 2 aromatic rings. The van der Waals surface area contributed by atoms with Gasteiger partial charge >= 0.3 is 0 Å². The van der Waals surface area contributed by atoms with E-state index >= 15 is 0 Å². The van der Waals surface area contributed by atoms with E-state index < -0.39 is 0 Å².